The van der Waals surface area contributed by atoms with E-state index in [1.165, 1.54) is 11.0 Å². The van der Waals surface area contributed by atoms with Crippen LogP contribution in [-0.2, 0) is 19.1 Å². The summed E-state index contributed by atoms with van der Waals surface area (Å²) in [5, 5.41) is 7.57. The molecule has 0 aromatic heterocycles. The minimum absolute atomic E-state index is 0.0275. The molecule has 3 aromatic rings. The summed E-state index contributed by atoms with van der Waals surface area (Å²) in [5.41, 5.74) is 1.76. The molecule has 3 N–H and O–H groups in total. The molecule has 7 amide bonds. The molecule has 1 unspecified atom stereocenters. The van der Waals surface area contributed by atoms with Crippen molar-refractivity contribution >= 4 is 58.6 Å². The standard InChI is InChI=1S/C39H40F2N6O9/c1-22-19-23(10-11-28(22)45-14-16-46(17-15-45)39(54)43-24-20-26(40)34(27(41)21-24)38(53)55-2)42-31(48)9-4-3-5-18-56-30-8-6-7-25-33(30)37(52)47(36(25)51)29-12-13-32(49)44-35(29)50/h6-8,10-11,19-21,29H,3-5,9,12-18H2,1-2H3,(H,42,48)(H,43,54)(H,44,49,50). The predicted octanol–water partition coefficient (Wildman–Crippen LogP) is 4.39. The summed E-state index contributed by atoms with van der Waals surface area (Å²) in [4.78, 5) is 91.8. The Kier molecular flexibility index (Phi) is 11.9. The second-order valence-electron chi connectivity index (χ2n) is 13.5. The van der Waals surface area contributed by atoms with E-state index in [0.29, 0.717) is 51.1 Å². The Hall–Kier alpha value is -6.39. The highest BCUT2D eigenvalue weighted by molar-refractivity contribution is 6.24. The van der Waals surface area contributed by atoms with Crippen molar-refractivity contribution in [2.24, 2.45) is 0 Å². The lowest BCUT2D eigenvalue weighted by molar-refractivity contribution is -0.136. The van der Waals surface area contributed by atoms with E-state index in [4.69, 9.17) is 4.74 Å². The number of aryl methyl sites for hydroxylation is 1. The first-order valence-electron chi connectivity index (χ1n) is 18.1. The summed E-state index contributed by atoms with van der Waals surface area (Å²) in [7, 11) is 1.01. The van der Waals surface area contributed by atoms with Crippen LogP contribution in [0.4, 0.5) is 30.6 Å². The van der Waals surface area contributed by atoms with Gasteiger partial charge in [0.05, 0.1) is 24.8 Å². The summed E-state index contributed by atoms with van der Waals surface area (Å²) < 4.78 is 38.9. The molecule has 0 aliphatic carbocycles. The monoisotopic (exact) mass is 774 g/mol. The van der Waals surface area contributed by atoms with Gasteiger partial charge in [-0.3, -0.25) is 34.2 Å². The molecule has 2 fully saturated rings. The van der Waals surface area contributed by atoms with Gasteiger partial charge in [0, 0.05) is 56.1 Å². The fraction of sp³-hybridized carbons (Fsp3) is 0.359. The van der Waals surface area contributed by atoms with Crippen molar-refractivity contribution in [2.75, 3.05) is 55.4 Å². The smallest absolute Gasteiger partial charge is 0.343 e. The highest BCUT2D eigenvalue weighted by atomic mass is 19.1. The lowest BCUT2D eigenvalue weighted by Gasteiger charge is -2.36. The first-order valence-corrected chi connectivity index (χ1v) is 18.1. The first kappa shape index (κ1) is 39.3. The summed E-state index contributed by atoms with van der Waals surface area (Å²) in [6, 6.07) is 10.4. The van der Waals surface area contributed by atoms with Crippen molar-refractivity contribution in [2.45, 2.75) is 51.5 Å². The second-order valence-corrected chi connectivity index (χ2v) is 13.5. The molecule has 3 aromatic carbocycles. The zero-order valence-corrected chi connectivity index (χ0v) is 30.7. The molecule has 294 valence electrons. The summed E-state index contributed by atoms with van der Waals surface area (Å²) in [5.74, 6) is -5.75. The van der Waals surface area contributed by atoms with Crippen LogP contribution in [0.15, 0.2) is 48.5 Å². The number of methoxy groups -OCH3 is 1. The number of halogens is 2. The van der Waals surface area contributed by atoms with E-state index in [1.54, 1.807) is 18.2 Å². The Balaban J connectivity index is 0.913. The average molecular weight is 775 g/mol. The van der Waals surface area contributed by atoms with Crippen LogP contribution >= 0.6 is 0 Å². The number of ether oxygens (including phenoxy) is 2. The molecular weight excluding hydrogens is 734 g/mol. The van der Waals surface area contributed by atoms with Gasteiger partial charge >= 0.3 is 12.0 Å². The highest BCUT2D eigenvalue weighted by Gasteiger charge is 2.46. The molecular formula is C39H40F2N6O9. The third-order valence-electron chi connectivity index (χ3n) is 9.81. The number of unbranched alkanes of at least 4 members (excludes halogenated alkanes) is 2. The average Bonchev–Trinajstić information content (AvgIpc) is 3.41. The first-order chi connectivity index (χ1) is 26.9. The van der Waals surface area contributed by atoms with E-state index >= 15 is 0 Å². The third-order valence-corrected chi connectivity index (χ3v) is 9.81. The van der Waals surface area contributed by atoms with Crippen LogP contribution in [-0.4, -0.2) is 97.3 Å². The lowest BCUT2D eigenvalue weighted by Crippen LogP contribution is -2.54. The molecule has 0 spiro atoms. The van der Waals surface area contributed by atoms with Crippen molar-refractivity contribution < 1.29 is 51.8 Å². The number of nitrogens with zero attached hydrogens (tertiary/aromatic N) is 3. The molecule has 17 heteroatoms. The maximum absolute atomic E-state index is 14.3. The molecule has 56 heavy (non-hydrogen) atoms. The lowest BCUT2D eigenvalue weighted by atomic mass is 10.0. The Labute approximate surface area is 320 Å². The van der Waals surface area contributed by atoms with Gasteiger partial charge in [0.25, 0.3) is 11.8 Å². The summed E-state index contributed by atoms with van der Waals surface area (Å²) in [6.07, 6.45) is 2.19. The maximum Gasteiger partial charge on any atom is 0.343 e. The molecule has 15 nitrogen and oxygen atoms in total. The van der Waals surface area contributed by atoms with Gasteiger partial charge in [0.2, 0.25) is 17.7 Å². The number of imide groups is 2. The number of piperazine rings is 1. The van der Waals surface area contributed by atoms with Crippen LogP contribution in [0.3, 0.4) is 0 Å². The number of fused-ring (bicyclic) bond motifs is 1. The van der Waals surface area contributed by atoms with Gasteiger partial charge in [-0.2, -0.15) is 0 Å². The van der Waals surface area contributed by atoms with E-state index in [0.717, 1.165) is 35.4 Å². The Morgan fingerprint density at radius 1 is 0.875 bits per heavy atom. The number of rotatable bonds is 12. The van der Waals surface area contributed by atoms with E-state index in [1.807, 2.05) is 19.1 Å². The Bertz CT molecular complexity index is 2080. The minimum Gasteiger partial charge on any atom is -0.493 e. The van der Waals surface area contributed by atoms with Crippen molar-refractivity contribution in [1.29, 1.82) is 0 Å². The Morgan fingerprint density at radius 2 is 1.61 bits per heavy atom. The number of hydrogen-bond acceptors (Lipinski definition) is 10. The van der Waals surface area contributed by atoms with Gasteiger partial charge in [-0.1, -0.05) is 6.07 Å². The summed E-state index contributed by atoms with van der Waals surface area (Å²) in [6.45, 7) is 3.83. The SMILES string of the molecule is COC(=O)c1c(F)cc(NC(=O)N2CCN(c3ccc(NC(=O)CCCCCOc4cccc5c4C(=O)N(C4CCC(=O)NC4=O)C5=O)cc3C)CC2)cc1F. The quantitative estimate of drug-likeness (QED) is 0.136. The van der Waals surface area contributed by atoms with Crippen LogP contribution in [0, 0.1) is 18.6 Å². The van der Waals surface area contributed by atoms with Gasteiger partial charge in [-0.05, 0) is 80.6 Å². The number of benzene rings is 3. The predicted molar refractivity (Wildman–Crippen MR) is 197 cm³/mol. The fourth-order valence-corrected chi connectivity index (χ4v) is 6.96. The molecule has 0 radical (unpaired) electrons. The molecule has 3 heterocycles. The van der Waals surface area contributed by atoms with Gasteiger partial charge in [-0.15, -0.1) is 0 Å². The zero-order valence-electron chi connectivity index (χ0n) is 30.7. The van der Waals surface area contributed by atoms with Crippen LogP contribution < -0.4 is 25.6 Å². The minimum atomic E-state index is -1.16. The molecule has 3 aliphatic heterocycles. The number of carbonyl (C=O) groups is 7. The normalized spacial score (nSPS) is 16.7. The van der Waals surface area contributed by atoms with Gasteiger partial charge in [0.15, 0.2) is 0 Å². The van der Waals surface area contributed by atoms with Gasteiger partial charge in [-0.25, -0.2) is 18.4 Å². The molecule has 0 saturated carbocycles. The van der Waals surface area contributed by atoms with E-state index in [2.05, 4.69) is 25.6 Å². The molecule has 2 saturated heterocycles. The summed E-state index contributed by atoms with van der Waals surface area (Å²) >= 11 is 0. The number of hydrogen-bond donors (Lipinski definition) is 3. The molecule has 6 rings (SSSR count). The van der Waals surface area contributed by atoms with E-state index in [-0.39, 0.29) is 54.3 Å². The largest absolute Gasteiger partial charge is 0.493 e. The van der Waals surface area contributed by atoms with E-state index in [9.17, 15) is 42.3 Å². The van der Waals surface area contributed by atoms with Gasteiger partial charge < -0.3 is 29.9 Å². The van der Waals surface area contributed by atoms with Crippen LogP contribution in [0.5, 0.6) is 5.75 Å². The maximum atomic E-state index is 14.3. The van der Waals surface area contributed by atoms with Crippen molar-refractivity contribution in [3.63, 3.8) is 0 Å². The molecule has 3 aliphatic rings. The van der Waals surface area contributed by atoms with Crippen LogP contribution in [0.1, 0.15) is 75.2 Å². The number of piperidine rings is 1. The van der Waals surface area contributed by atoms with Crippen molar-refractivity contribution in [3.8, 4) is 5.75 Å². The number of amides is 7. The molecule has 0 bridgehead atoms. The zero-order chi connectivity index (χ0) is 40.1. The number of esters is 1. The highest BCUT2D eigenvalue weighted by Crippen LogP contribution is 2.34. The second kappa shape index (κ2) is 17.0. The van der Waals surface area contributed by atoms with Crippen LogP contribution in [0.2, 0.25) is 0 Å². The van der Waals surface area contributed by atoms with E-state index < -0.39 is 58.9 Å². The van der Waals surface area contributed by atoms with Gasteiger partial charge in [0.1, 0.15) is 29.0 Å². The van der Waals surface area contributed by atoms with Crippen LogP contribution in [0.25, 0.3) is 0 Å². The topological polar surface area (TPSA) is 184 Å². The number of nitrogens with one attached hydrogen (secondary N) is 3. The van der Waals surface area contributed by atoms with Crippen molar-refractivity contribution in [3.05, 3.63) is 82.4 Å². The number of anilines is 3. The van der Waals surface area contributed by atoms with Crippen molar-refractivity contribution in [1.82, 2.24) is 15.1 Å². The fourth-order valence-electron chi connectivity index (χ4n) is 6.96. The third kappa shape index (κ3) is 8.45. The number of urea groups is 1. The Morgan fingerprint density at radius 3 is 2.29 bits per heavy atom. The molecule has 1 atom stereocenters. The number of carbonyl (C=O) groups excluding carboxylic acids is 7.